The highest BCUT2D eigenvalue weighted by molar-refractivity contribution is 6.29. The zero-order chi connectivity index (χ0) is 12.3. The number of hydrogen-bond acceptors (Lipinski definition) is 5. The van der Waals surface area contributed by atoms with Crippen molar-refractivity contribution in [2.24, 2.45) is 0 Å². The average molecular weight is 251 g/mol. The Morgan fingerprint density at radius 3 is 2.88 bits per heavy atom. The van der Waals surface area contributed by atoms with Crippen LogP contribution in [0.3, 0.4) is 0 Å². The molecule has 0 atom stereocenters. The highest BCUT2D eigenvalue weighted by Gasteiger charge is 2.12. The van der Waals surface area contributed by atoms with Gasteiger partial charge in [-0.05, 0) is 12.1 Å². The summed E-state index contributed by atoms with van der Waals surface area (Å²) < 4.78 is 0. The molecule has 1 amide bonds. The molecule has 0 saturated heterocycles. The van der Waals surface area contributed by atoms with E-state index in [1.54, 1.807) is 0 Å². The molecule has 0 aliphatic rings. The Hall–Kier alpha value is -2.21. The van der Waals surface area contributed by atoms with Gasteiger partial charge >= 0.3 is 0 Å². The van der Waals surface area contributed by atoms with Gasteiger partial charge in [0.15, 0.2) is 0 Å². The van der Waals surface area contributed by atoms with Crippen LogP contribution in [0.15, 0.2) is 30.7 Å². The largest absolute Gasteiger partial charge is 0.505 e. The van der Waals surface area contributed by atoms with Gasteiger partial charge in [-0.2, -0.15) is 0 Å². The summed E-state index contributed by atoms with van der Waals surface area (Å²) in [6.45, 7) is 0. The molecule has 0 aliphatic carbocycles. The third-order valence-corrected chi connectivity index (χ3v) is 2.10. The van der Waals surface area contributed by atoms with E-state index in [4.69, 9.17) is 11.6 Å². The van der Waals surface area contributed by atoms with Crippen LogP contribution in [0.5, 0.6) is 5.75 Å². The summed E-state index contributed by atoms with van der Waals surface area (Å²) in [6.07, 6.45) is 3.98. The number of anilines is 1. The molecule has 2 heterocycles. The molecule has 86 valence electrons. The number of nitrogens with one attached hydrogen (secondary N) is 1. The lowest BCUT2D eigenvalue weighted by atomic mass is 10.2. The Bertz CT molecular complexity index is 562. The summed E-state index contributed by atoms with van der Waals surface area (Å²) in [7, 11) is 0. The molecule has 2 aromatic heterocycles. The van der Waals surface area contributed by atoms with Gasteiger partial charge in [-0.25, -0.2) is 9.97 Å². The van der Waals surface area contributed by atoms with Gasteiger partial charge in [0, 0.05) is 12.4 Å². The zero-order valence-corrected chi connectivity index (χ0v) is 9.22. The van der Waals surface area contributed by atoms with Crippen LogP contribution >= 0.6 is 11.6 Å². The molecule has 2 rings (SSSR count). The normalized spacial score (nSPS) is 9.94. The maximum atomic E-state index is 11.7. The van der Waals surface area contributed by atoms with E-state index in [0.717, 1.165) is 0 Å². The zero-order valence-electron chi connectivity index (χ0n) is 8.46. The Balaban J connectivity index is 2.20. The SMILES string of the molecule is O=C(Nc1nccc(Cl)n1)c1ccncc1O. The second-order valence-electron chi connectivity index (χ2n) is 3.05. The maximum absolute atomic E-state index is 11.7. The number of rotatable bonds is 2. The van der Waals surface area contributed by atoms with E-state index in [1.165, 1.54) is 30.7 Å². The summed E-state index contributed by atoms with van der Waals surface area (Å²) in [5.41, 5.74) is 0.0866. The molecule has 0 aromatic carbocycles. The number of aromatic hydroxyl groups is 1. The van der Waals surface area contributed by atoms with E-state index in [1.807, 2.05) is 0 Å². The van der Waals surface area contributed by atoms with Crippen molar-refractivity contribution in [3.63, 3.8) is 0 Å². The van der Waals surface area contributed by atoms with E-state index in [2.05, 4.69) is 20.3 Å². The Labute approximate surface area is 101 Å². The highest BCUT2D eigenvalue weighted by Crippen LogP contribution is 2.15. The van der Waals surface area contributed by atoms with E-state index >= 15 is 0 Å². The monoisotopic (exact) mass is 250 g/mol. The molecule has 0 saturated carbocycles. The molecule has 2 aromatic rings. The summed E-state index contributed by atoms with van der Waals surface area (Å²) in [5, 5.41) is 12.0. The first-order valence-electron chi connectivity index (χ1n) is 4.59. The molecule has 0 bridgehead atoms. The second-order valence-corrected chi connectivity index (χ2v) is 3.44. The first kappa shape index (κ1) is 11.3. The number of aromatic nitrogens is 3. The summed E-state index contributed by atoms with van der Waals surface area (Å²) >= 11 is 5.64. The smallest absolute Gasteiger partial charge is 0.261 e. The van der Waals surface area contributed by atoms with Gasteiger partial charge in [0.1, 0.15) is 10.9 Å². The first-order chi connectivity index (χ1) is 8.16. The van der Waals surface area contributed by atoms with Crippen LogP contribution in [-0.4, -0.2) is 26.0 Å². The van der Waals surface area contributed by atoms with Crippen molar-refractivity contribution in [2.75, 3.05) is 5.32 Å². The number of amides is 1. The van der Waals surface area contributed by atoms with Gasteiger partial charge in [-0.3, -0.25) is 15.1 Å². The molecule has 0 spiro atoms. The quantitative estimate of drug-likeness (QED) is 0.789. The van der Waals surface area contributed by atoms with Gasteiger partial charge < -0.3 is 5.11 Å². The van der Waals surface area contributed by atoms with Gasteiger partial charge in [-0.1, -0.05) is 11.6 Å². The van der Waals surface area contributed by atoms with Gasteiger partial charge in [0.2, 0.25) is 5.95 Å². The minimum atomic E-state index is -0.535. The lowest BCUT2D eigenvalue weighted by Crippen LogP contribution is -2.14. The predicted molar refractivity (Wildman–Crippen MR) is 60.9 cm³/mol. The van der Waals surface area contributed by atoms with E-state index in [9.17, 15) is 9.90 Å². The summed E-state index contributed by atoms with van der Waals surface area (Å²) in [4.78, 5) is 23.0. The summed E-state index contributed by atoms with van der Waals surface area (Å²) in [6, 6.07) is 2.87. The van der Waals surface area contributed by atoms with Crippen molar-refractivity contribution in [2.45, 2.75) is 0 Å². The van der Waals surface area contributed by atoms with E-state index < -0.39 is 5.91 Å². The molecular formula is C10H7ClN4O2. The average Bonchev–Trinajstić information content (AvgIpc) is 2.29. The van der Waals surface area contributed by atoms with Crippen LogP contribution in [-0.2, 0) is 0 Å². The number of hydrogen-bond donors (Lipinski definition) is 2. The van der Waals surface area contributed by atoms with Crippen molar-refractivity contribution < 1.29 is 9.90 Å². The van der Waals surface area contributed by atoms with Gasteiger partial charge in [-0.15, -0.1) is 0 Å². The number of carbonyl (C=O) groups excluding carboxylic acids is 1. The molecule has 0 unspecified atom stereocenters. The Kier molecular flexibility index (Phi) is 3.15. The summed E-state index contributed by atoms with van der Waals surface area (Å²) in [5.74, 6) is -0.682. The molecule has 6 nitrogen and oxygen atoms in total. The van der Waals surface area contributed by atoms with E-state index in [0.29, 0.717) is 0 Å². The lowest BCUT2D eigenvalue weighted by Gasteiger charge is -2.04. The van der Waals surface area contributed by atoms with Crippen LogP contribution in [0.4, 0.5) is 5.95 Å². The number of halogens is 1. The molecule has 17 heavy (non-hydrogen) atoms. The predicted octanol–water partition coefficient (Wildman–Crippen LogP) is 1.48. The molecule has 0 aliphatic heterocycles. The fraction of sp³-hybridized carbons (Fsp3) is 0. The third kappa shape index (κ3) is 2.67. The van der Waals surface area contributed by atoms with Gasteiger partial charge in [0.05, 0.1) is 11.8 Å². The van der Waals surface area contributed by atoms with Crippen LogP contribution in [0.25, 0.3) is 0 Å². The number of pyridine rings is 1. The highest BCUT2D eigenvalue weighted by atomic mass is 35.5. The molecule has 2 N–H and O–H groups in total. The number of nitrogens with zero attached hydrogens (tertiary/aromatic N) is 3. The first-order valence-corrected chi connectivity index (χ1v) is 4.97. The van der Waals surface area contributed by atoms with Crippen molar-refractivity contribution in [3.05, 3.63) is 41.4 Å². The topological polar surface area (TPSA) is 88.0 Å². The molecule has 0 fully saturated rings. The van der Waals surface area contributed by atoms with Crippen LogP contribution in [0.1, 0.15) is 10.4 Å². The van der Waals surface area contributed by atoms with Gasteiger partial charge in [0.25, 0.3) is 5.91 Å². The molecule has 0 radical (unpaired) electrons. The fourth-order valence-corrected chi connectivity index (χ4v) is 1.28. The Morgan fingerprint density at radius 1 is 1.35 bits per heavy atom. The second kappa shape index (κ2) is 4.75. The van der Waals surface area contributed by atoms with Crippen LogP contribution in [0.2, 0.25) is 5.15 Å². The van der Waals surface area contributed by atoms with Crippen molar-refractivity contribution in [1.29, 1.82) is 0 Å². The standard InChI is InChI=1S/C10H7ClN4O2/c11-8-2-4-13-10(14-8)15-9(17)6-1-3-12-5-7(6)16/h1-5,16H,(H,13,14,15,17). The van der Waals surface area contributed by atoms with Crippen LogP contribution in [0, 0.1) is 0 Å². The molecule has 7 heteroatoms. The molecular weight excluding hydrogens is 244 g/mol. The minimum absolute atomic E-state index is 0.0683. The van der Waals surface area contributed by atoms with Crippen molar-refractivity contribution >= 4 is 23.5 Å². The third-order valence-electron chi connectivity index (χ3n) is 1.89. The van der Waals surface area contributed by atoms with Crippen molar-refractivity contribution in [3.8, 4) is 5.75 Å². The lowest BCUT2D eigenvalue weighted by molar-refractivity contribution is 0.102. The van der Waals surface area contributed by atoms with E-state index in [-0.39, 0.29) is 22.4 Å². The van der Waals surface area contributed by atoms with Crippen molar-refractivity contribution in [1.82, 2.24) is 15.0 Å². The minimum Gasteiger partial charge on any atom is -0.505 e. The maximum Gasteiger partial charge on any atom is 0.261 e. The number of carbonyl (C=O) groups is 1. The Morgan fingerprint density at radius 2 is 2.18 bits per heavy atom. The van der Waals surface area contributed by atoms with Crippen LogP contribution < -0.4 is 5.32 Å². The fourth-order valence-electron chi connectivity index (χ4n) is 1.14.